The van der Waals surface area contributed by atoms with Gasteiger partial charge in [-0.1, -0.05) is 35.9 Å². The molecule has 2 aliphatic heterocycles. The minimum Gasteiger partial charge on any atom is -0.381 e. The van der Waals surface area contributed by atoms with Gasteiger partial charge in [0.05, 0.1) is 6.61 Å². The molecular weight excluding hydrogens is 372 g/mol. The van der Waals surface area contributed by atoms with Crippen molar-refractivity contribution in [2.75, 3.05) is 38.2 Å². The van der Waals surface area contributed by atoms with Crippen LogP contribution in [0.15, 0.2) is 48.5 Å². The van der Waals surface area contributed by atoms with Gasteiger partial charge in [0.1, 0.15) is 0 Å². The van der Waals surface area contributed by atoms with Crippen LogP contribution in [-0.2, 0) is 9.53 Å². The molecule has 0 aliphatic carbocycles. The number of carbonyl (C=O) groups is 1. The molecule has 0 saturated carbocycles. The molecule has 28 heavy (non-hydrogen) atoms. The number of nitrogens with one attached hydrogen (secondary N) is 1. The van der Waals surface area contributed by atoms with Crippen molar-refractivity contribution < 1.29 is 9.53 Å². The molecule has 0 bridgehead atoms. The fourth-order valence-electron chi connectivity index (χ4n) is 4.16. The molecule has 4 nitrogen and oxygen atoms in total. The minimum atomic E-state index is 0.0888. The molecule has 2 aromatic carbocycles. The van der Waals surface area contributed by atoms with E-state index < -0.39 is 0 Å². The maximum atomic E-state index is 12.7. The SMILES string of the molecule is O=C(Nc1cccc(-c2cccc(Cl)c2)c1)C1CCN(C[C@H]2CCOC2)CC1. The third-order valence-corrected chi connectivity index (χ3v) is 6.02. The summed E-state index contributed by atoms with van der Waals surface area (Å²) < 4.78 is 5.47. The minimum absolute atomic E-state index is 0.0888. The Morgan fingerprint density at radius 1 is 1.07 bits per heavy atom. The zero-order chi connectivity index (χ0) is 19.3. The summed E-state index contributed by atoms with van der Waals surface area (Å²) in [5.41, 5.74) is 2.94. The highest BCUT2D eigenvalue weighted by Crippen LogP contribution is 2.26. The van der Waals surface area contributed by atoms with Crippen molar-refractivity contribution in [2.24, 2.45) is 11.8 Å². The average molecular weight is 399 g/mol. The second kappa shape index (κ2) is 9.08. The number of benzene rings is 2. The van der Waals surface area contributed by atoms with E-state index in [-0.39, 0.29) is 11.8 Å². The second-order valence-corrected chi connectivity index (χ2v) is 8.32. The highest BCUT2D eigenvalue weighted by atomic mass is 35.5. The van der Waals surface area contributed by atoms with Gasteiger partial charge >= 0.3 is 0 Å². The van der Waals surface area contributed by atoms with Crippen LogP contribution in [-0.4, -0.2) is 43.7 Å². The van der Waals surface area contributed by atoms with E-state index in [1.165, 1.54) is 6.42 Å². The lowest BCUT2D eigenvalue weighted by Gasteiger charge is -2.32. The van der Waals surface area contributed by atoms with Crippen LogP contribution in [0.1, 0.15) is 19.3 Å². The average Bonchev–Trinajstić information content (AvgIpc) is 3.22. The number of amides is 1. The fourth-order valence-corrected chi connectivity index (χ4v) is 4.35. The summed E-state index contributed by atoms with van der Waals surface area (Å²) in [6.45, 7) is 4.89. The first-order valence-corrected chi connectivity index (χ1v) is 10.5. The van der Waals surface area contributed by atoms with Gasteiger partial charge in [0, 0.05) is 29.8 Å². The van der Waals surface area contributed by atoms with Crippen molar-refractivity contribution in [3.63, 3.8) is 0 Å². The Hall–Kier alpha value is -1.88. The monoisotopic (exact) mass is 398 g/mol. The number of halogens is 1. The van der Waals surface area contributed by atoms with Crippen LogP contribution in [0.25, 0.3) is 11.1 Å². The van der Waals surface area contributed by atoms with Crippen LogP contribution in [0.4, 0.5) is 5.69 Å². The second-order valence-electron chi connectivity index (χ2n) is 7.88. The molecule has 0 radical (unpaired) electrons. The number of likely N-dealkylation sites (tertiary alicyclic amines) is 1. The maximum Gasteiger partial charge on any atom is 0.227 e. The lowest BCUT2D eigenvalue weighted by Crippen LogP contribution is -2.40. The molecule has 2 fully saturated rings. The smallest absolute Gasteiger partial charge is 0.227 e. The van der Waals surface area contributed by atoms with Crippen molar-refractivity contribution in [1.29, 1.82) is 0 Å². The van der Waals surface area contributed by atoms with E-state index in [1.54, 1.807) is 0 Å². The van der Waals surface area contributed by atoms with E-state index in [1.807, 2.05) is 48.5 Å². The lowest BCUT2D eigenvalue weighted by atomic mass is 9.94. The van der Waals surface area contributed by atoms with Crippen LogP contribution in [0.2, 0.25) is 5.02 Å². The van der Waals surface area contributed by atoms with Gasteiger partial charge in [0.25, 0.3) is 0 Å². The Morgan fingerprint density at radius 3 is 2.54 bits per heavy atom. The number of hydrogen-bond donors (Lipinski definition) is 1. The molecule has 2 aromatic rings. The normalized spacial score (nSPS) is 21.0. The predicted octanol–water partition coefficient (Wildman–Crippen LogP) is 4.69. The molecule has 5 heteroatoms. The molecule has 0 spiro atoms. The van der Waals surface area contributed by atoms with Crippen LogP contribution >= 0.6 is 11.6 Å². The third kappa shape index (κ3) is 4.93. The van der Waals surface area contributed by atoms with Crippen molar-refractivity contribution in [3.05, 3.63) is 53.6 Å². The Morgan fingerprint density at radius 2 is 1.82 bits per heavy atom. The molecule has 4 rings (SSSR count). The highest BCUT2D eigenvalue weighted by molar-refractivity contribution is 6.30. The number of anilines is 1. The summed E-state index contributed by atoms with van der Waals surface area (Å²) >= 11 is 6.10. The molecule has 1 atom stereocenters. The first-order chi connectivity index (χ1) is 13.7. The van der Waals surface area contributed by atoms with Gasteiger partial charge in [-0.15, -0.1) is 0 Å². The molecule has 148 valence electrons. The Balaban J connectivity index is 1.32. The fraction of sp³-hybridized carbons (Fsp3) is 0.435. The van der Waals surface area contributed by atoms with E-state index in [2.05, 4.69) is 10.2 Å². The molecule has 1 N–H and O–H groups in total. The molecule has 2 aliphatic rings. The zero-order valence-electron chi connectivity index (χ0n) is 16.1. The largest absolute Gasteiger partial charge is 0.381 e. The Bertz CT molecular complexity index is 812. The number of ether oxygens (including phenoxy) is 1. The number of hydrogen-bond acceptors (Lipinski definition) is 3. The summed E-state index contributed by atoms with van der Waals surface area (Å²) in [5, 5.41) is 3.82. The van der Waals surface area contributed by atoms with Gasteiger partial charge in [0.2, 0.25) is 5.91 Å². The summed E-state index contributed by atoms with van der Waals surface area (Å²) in [6, 6.07) is 15.7. The van der Waals surface area contributed by atoms with Crippen molar-refractivity contribution >= 4 is 23.2 Å². The molecule has 1 amide bonds. The molecule has 0 unspecified atom stereocenters. The van der Waals surface area contributed by atoms with Crippen molar-refractivity contribution in [3.8, 4) is 11.1 Å². The third-order valence-electron chi connectivity index (χ3n) is 5.79. The Labute approximate surface area is 171 Å². The summed E-state index contributed by atoms with van der Waals surface area (Å²) in [5.74, 6) is 0.887. The Kier molecular flexibility index (Phi) is 6.30. The standard InChI is InChI=1S/C23H27ClN2O2/c24-21-5-1-3-19(13-21)20-4-2-6-22(14-20)25-23(27)18-7-10-26(11-8-18)15-17-9-12-28-16-17/h1-6,13-14,17-18H,7-12,15-16H2,(H,25,27)/t17-/m1/s1. The van der Waals surface area contributed by atoms with E-state index in [4.69, 9.17) is 16.3 Å². The van der Waals surface area contributed by atoms with Gasteiger partial charge in [-0.3, -0.25) is 4.79 Å². The number of piperidine rings is 1. The van der Waals surface area contributed by atoms with Gasteiger partial charge in [-0.2, -0.15) is 0 Å². The summed E-state index contributed by atoms with van der Waals surface area (Å²) in [7, 11) is 0. The topological polar surface area (TPSA) is 41.6 Å². The van der Waals surface area contributed by atoms with Crippen LogP contribution < -0.4 is 5.32 Å². The van der Waals surface area contributed by atoms with Crippen LogP contribution in [0.3, 0.4) is 0 Å². The molecular formula is C23H27ClN2O2. The lowest BCUT2D eigenvalue weighted by molar-refractivity contribution is -0.121. The number of nitrogens with zero attached hydrogens (tertiary/aromatic N) is 1. The zero-order valence-corrected chi connectivity index (χ0v) is 16.8. The van der Waals surface area contributed by atoms with E-state index >= 15 is 0 Å². The van der Waals surface area contributed by atoms with Crippen LogP contribution in [0.5, 0.6) is 0 Å². The molecule has 0 aromatic heterocycles. The maximum absolute atomic E-state index is 12.7. The van der Waals surface area contributed by atoms with E-state index in [0.717, 1.165) is 62.5 Å². The quantitative estimate of drug-likeness (QED) is 0.794. The van der Waals surface area contributed by atoms with Crippen molar-refractivity contribution in [2.45, 2.75) is 19.3 Å². The van der Waals surface area contributed by atoms with Gasteiger partial charge in [-0.25, -0.2) is 0 Å². The van der Waals surface area contributed by atoms with Crippen LogP contribution in [0, 0.1) is 11.8 Å². The van der Waals surface area contributed by atoms with Gasteiger partial charge in [-0.05, 0) is 73.7 Å². The summed E-state index contributed by atoms with van der Waals surface area (Å²) in [4.78, 5) is 15.2. The number of carbonyl (C=O) groups excluding carboxylic acids is 1. The first kappa shape index (κ1) is 19.4. The van der Waals surface area contributed by atoms with E-state index in [0.29, 0.717) is 10.9 Å². The summed E-state index contributed by atoms with van der Waals surface area (Å²) in [6.07, 6.45) is 3.02. The van der Waals surface area contributed by atoms with Gasteiger partial charge < -0.3 is 15.0 Å². The predicted molar refractivity (Wildman–Crippen MR) is 114 cm³/mol. The number of rotatable bonds is 5. The highest BCUT2D eigenvalue weighted by Gasteiger charge is 2.27. The van der Waals surface area contributed by atoms with E-state index in [9.17, 15) is 4.79 Å². The molecule has 2 saturated heterocycles. The van der Waals surface area contributed by atoms with Crippen molar-refractivity contribution in [1.82, 2.24) is 4.90 Å². The van der Waals surface area contributed by atoms with Gasteiger partial charge in [0.15, 0.2) is 0 Å². The first-order valence-electron chi connectivity index (χ1n) is 10.1. The molecule has 2 heterocycles.